The van der Waals surface area contributed by atoms with Crippen LogP contribution in [0.15, 0.2) is 22.7 Å². The molecule has 6 nitrogen and oxygen atoms in total. The molecule has 1 amide bonds. The largest absolute Gasteiger partial charge is 0.350 e. The number of hydrogen-bond donors (Lipinski definition) is 1. The van der Waals surface area contributed by atoms with Crippen LogP contribution < -0.4 is 5.32 Å². The number of aromatic nitrogens is 4. The first kappa shape index (κ1) is 20.0. The standard InChI is InChI=1S/C21H23N5OS3/c1-3-16-23-20-18(14-7-6-12(2)9-15(14)30-20)19-24-25-21(26(16)19)29-11-17(27)22-10-13-5-4-8-28-13/h4-5,8,12H,3,6-7,9-11H2,1-2H3,(H,22,27)/t12-/m0/s1. The monoisotopic (exact) mass is 457 g/mol. The lowest BCUT2D eigenvalue weighted by Crippen LogP contribution is -2.24. The number of nitrogens with one attached hydrogen (secondary N) is 1. The highest BCUT2D eigenvalue weighted by Crippen LogP contribution is 2.39. The van der Waals surface area contributed by atoms with Crippen LogP contribution in [-0.2, 0) is 30.6 Å². The van der Waals surface area contributed by atoms with E-state index in [9.17, 15) is 4.79 Å². The molecular formula is C21H23N5OS3. The summed E-state index contributed by atoms with van der Waals surface area (Å²) >= 11 is 4.89. The van der Waals surface area contributed by atoms with Crippen molar-refractivity contribution >= 4 is 56.2 Å². The second kappa shape index (κ2) is 8.28. The first-order valence-electron chi connectivity index (χ1n) is 10.2. The van der Waals surface area contributed by atoms with Crippen LogP contribution >= 0.6 is 34.4 Å². The zero-order chi connectivity index (χ0) is 20.7. The maximum atomic E-state index is 12.3. The lowest BCUT2D eigenvalue weighted by molar-refractivity contribution is -0.118. The molecule has 1 atom stereocenters. The summed E-state index contributed by atoms with van der Waals surface area (Å²) in [6, 6.07) is 4.02. The zero-order valence-corrected chi connectivity index (χ0v) is 19.4. The minimum absolute atomic E-state index is 0.000800. The van der Waals surface area contributed by atoms with E-state index >= 15 is 0 Å². The summed E-state index contributed by atoms with van der Waals surface area (Å²) in [4.78, 5) is 21.0. The third kappa shape index (κ3) is 3.63. The summed E-state index contributed by atoms with van der Waals surface area (Å²) in [6.45, 7) is 4.99. The Morgan fingerprint density at radius 2 is 2.30 bits per heavy atom. The molecule has 5 rings (SSSR count). The van der Waals surface area contributed by atoms with Crippen LogP contribution in [0.3, 0.4) is 0 Å². The van der Waals surface area contributed by atoms with Gasteiger partial charge in [-0.05, 0) is 42.2 Å². The Morgan fingerprint density at radius 1 is 1.40 bits per heavy atom. The van der Waals surface area contributed by atoms with E-state index < -0.39 is 0 Å². The molecular weight excluding hydrogens is 434 g/mol. The van der Waals surface area contributed by atoms with Crippen LogP contribution in [-0.4, -0.2) is 31.2 Å². The van der Waals surface area contributed by atoms with Gasteiger partial charge in [-0.3, -0.25) is 9.20 Å². The van der Waals surface area contributed by atoms with Crippen molar-refractivity contribution in [3.05, 3.63) is 38.7 Å². The number of rotatable bonds is 6. The number of thiophene rings is 2. The molecule has 1 aliphatic rings. The summed E-state index contributed by atoms with van der Waals surface area (Å²) in [5.41, 5.74) is 2.30. The highest BCUT2D eigenvalue weighted by atomic mass is 32.2. The molecule has 0 fully saturated rings. The average Bonchev–Trinajstić information content (AvgIpc) is 3.47. The molecule has 30 heavy (non-hydrogen) atoms. The number of fused-ring (bicyclic) bond motifs is 5. The minimum Gasteiger partial charge on any atom is -0.350 e. The fraction of sp³-hybridized carbons (Fsp3) is 0.429. The fourth-order valence-electron chi connectivity index (χ4n) is 3.99. The van der Waals surface area contributed by atoms with E-state index in [1.54, 1.807) is 11.3 Å². The van der Waals surface area contributed by atoms with Crippen LogP contribution in [0.5, 0.6) is 0 Å². The molecule has 0 bridgehead atoms. The Bertz CT molecular complexity index is 1210. The van der Waals surface area contributed by atoms with Crippen LogP contribution in [0.2, 0.25) is 0 Å². The highest BCUT2D eigenvalue weighted by molar-refractivity contribution is 7.99. The number of nitrogens with zero attached hydrogens (tertiary/aromatic N) is 4. The van der Waals surface area contributed by atoms with E-state index in [0.29, 0.717) is 12.3 Å². The average molecular weight is 458 g/mol. The number of amides is 1. The van der Waals surface area contributed by atoms with Crippen molar-refractivity contribution < 1.29 is 4.79 Å². The lowest BCUT2D eigenvalue weighted by Gasteiger charge is -2.17. The predicted octanol–water partition coefficient (Wildman–Crippen LogP) is 4.50. The van der Waals surface area contributed by atoms with Gasteiger partial charge in [0, 0.05) is 16.2 Å². The van der Waals surface area contributed by atoms with Crippen molar-refractivity contribution in [2.75, 3.05) is 5.75 Å². The van der Waals surface area contributed by atoms with E-state index in [1.807, 2.05) is 28.8 Å². The number of carbonyl (C=O) groups is 1. The molecule has 156 valence electrons. The third-order valence-electron chi connectivity index (χ3n) is 5.53. The van der Waals surface area contributed by atoms with Gasteiger partial charge in [0.1, 0.15) is 10.7 Å². The van der Waals surface area contributed by atoms with Crippen molar-refractivity contribution in [2.45, 2.75) is 51.2 Å². The number of hydrogen-bond acceptors (Lipinski definition) is 7. The number of carbonyl (C=O) groups excluding carboxylic acids is 1. The van der Waals surface area contributed by atoms with E-state index in [4.69, 9.17) is 4.98 Å². The Morgan fingerprint density at radius 3 is 3.10 bits per heavy atom. The van der Waals surface area contributed by atoms with E-state index in [2.05, 4.69) is 33.8 Å². The Labute approximate surface area is 187 Å². The van der Waals surface area contributed by atoms with Gasteiger partial charge in [0.25, 0.3) is 0 Å². The molecule has 0 spiro atoms. The number of thioether (sulfide) groups is 1. The summed E-state index contributed by atoms with van der Waals surface area (Å²) < 4.78 is 2.06. The second-order valence-electron chi connectivity index (χ2n) is 7.70. The van der Waals surface area contributed by atoms with E-state index in [-0.39, 0.29) is 5.91 Å². The zero-order valence-electron chi connectivity index (χ0n) is 17.0. The van der Waals surface area contributed by atoms with E-state index in [1.165, 1.54) is 34.0 Å². The molecule has 9 heteroatoms. The Balaban J connectivity index is 1.43. The SMILES string of the molecule is CCc1nc2sc3c(c2c2nnc(SCC(=O)NCc4cccs4)n12)CC[C@H](C)C3. The molecule has 4 aromatic rings. The van der Waals surface area contributed by atoms with Gasteiger partial charge < -0.3 is 5.32 Å². The van der Waals surface area contributed by atoms with E-state index in [0.717, 1.165) is 51.5 Å². The first-order chi connectivity index (χ1) is 14.6. The maximum absolute atomic E-state index is 12.3. The molecule has 1 aliphatic carbocycles. The topological polar surface area (TPSA) is 72.2 Å². The van der Waals surface area contributed by atoms with Crippen molar-refractivity contribution in [1.82, 2.24) is 24.9 Å². The van der Waals surface area contributed by atoms with Crippen molar-refractivity contribution in [3.63, 3.8) is 0 Å². The summed E-state index contributed by atoms with van der Waals surface area (Å²) in [5, 5.41) is 15.9. The molecule has 0 aliphatic heterocycles. The van der Waals surface area contributed by atoms with Gasteiger partial charge >= 0.3 is 0 Å². The van der Waals surface area contributed by atoms with Gasteiger partial charge in [0.05, 0.1) is 17.7 Å². The number of aryl methyl sites for hydroxylation is 2. The normalized spacial score (nSPS) is 16.3. The molecule has 4 heterocycles. The molecule has 0 saturated heterocycles. The highest BCUT2D eigenvalue weighted by Gasteiger charge is 2.25. The molecule has 1 N–H and O–H groups in total. The quantitative estimate of drug-likeness (QED) is 0.432. The van der Waals surface area contributed by atoms with Gasteiger partial charge in [-0.25, -0.2) is 4.98 Å². The fourth-order valence-corrected chi connectivity index (χ4v) is 6.81. The Kier molecular flexibility index (Phi) is 5.51. The van der Waals surface area contributed by atoms with Crippen molar-refractivity contribution in [2.24, 2.45) is 5.92 Å². The molecule has 4 aromatic heterocycles. The van der Waals surface area contributed by atoms with Gasteiger partial charge in [-0.2, -0.15) is 0 Å². The maximum Gasteiger partial charge on any atom is 0.230 e. The van der Waals surface area contributed by atoms with Crippen LogP contribution in [0, 0.1) is 5.92 Å². The minimum atomic E-state index is -0.000800. The van der Waals surface area contributed by atoms with Gasteiger partial charge in [0.2, 0.25) is 5.91 Å². The summed E-state index contributed by atoms with van der Waals surface area (Å²) in [5.74, 6) is 1.99. The summed E-state index contributed by atoms with van der Waals surface area (Å²) in [6.07, 6.45) is 4.21. The molecule has 0 unspecified atom stereocenters. The van der Waals surface area contributed by atoms with Gasteiger partial charge in [-0.15, -0.1) is 32.9 Å². The Hall–Kier alpha value is -1.97. The lowest BCUT2D eigenvalue weighted by atomic mass is 9.89. The second-order valence-corrected chi connectivity index (χ2v) is 10.8. The third-order valence-corrected chi connectivity index (χ3v) is 8.48. The summed E-state index contributed by atoms with van der Waals surface area (Å²) in [7, 11) is 0. The molecule has 0 radical (unpaired) electrons. The first-order valence-corrected chi connectivity index (χ1v) is 12.9. The van der Waals surface area contributed by atoms with Gasteiger partial charge in [-0.1, -0.05) is 31.7 Å². The van der Waals surface area contributed by atoms with Crippen LogP contribution in [0.1, 0.15) is 41.4 Å². The van der Waals surface area contributed by atoms with Crippen LogP contribution in [0.25, 0.3) is 15.9 Å². The predicted molar refractivity (Wildman–Crippen MR) is 124 cm³/mol. The van der Waals surface area contributed by atoms with Crippen molar-refractivity contribution in [1.29, 1.82) is 0 Å². The smallest absolute Gasteiger partial charge is 0.230 e. The molecule has 0 aromatic carbocycles. The van der Waals surface area contributed by atoms with Gasteiger partial charge in [0.15, 0.2) is 10.8 Å². The van der Waals surface area contributed by atoms with Crippen LogP contribution in [0.4, 0.5) is 0 Å². The molecule has 0 saturated carbocycles. The van der Waals surface area contributed by atoms with Crippen molar-refractivity contribution in [3.8, 4) is 0 Å².